The smallest absolute Gasteiger partial charge is 0.274 e. The summed E-state index contributed by atoms with van der Waals surface area (Å²) in [5.74, 6) is 0.285. The van der Waals surface area contributed by atoms with E-state index in [1.54, 1.807) is 11.5 Å². The SMILES string of the molecule is Cc1cc2[nH]c(N3Cc4cccc(C(=O)NO)c4C3)nc2cc1-c1ccccc1. The number of hydroxylamine groups is 1. The molecule has 144 valence electrons. The molecule has 0 fully saturated rings. The van der Waals surface area contributed by atoms with Crippen molar-refractivity contribution in [3.8, 4) is 11.1 Å². The van der Waals surface area contributed by atoms with Gasteiger partial charge < -0.3 is 9.88 Å². The van der Waals surface area contributed by atoms with Gasteiger partial charge >= 0.3 is 0 Å². The number of anilines is 1. The van der Waals surface area contributed by atoms with Gasteiger partial charge in [0.2, 0.25) is 5.95 Å². The summed E-state index contributed by atoms with van der Waals surface area (Å²) in [7, 11) is 0. The van der Waals surface area contributed by atoms with Gasteiger partial charge in [0.25, 0.3) is 5.91 Å². The summed E-state index contributed by atoms with van der Waals surface area (Å²) in [6.45, 7) is 3.32. The summed E-state index contributed by atoms with van der Waals surface area (Å²) in [5, 5.41) is 9.01. The van der Waals surface area contributed by atoms with Crippen molar-refractivity contribution in [2.75, 3.05) is 4.90 Å². The average Bonchev–Trinajstić information content (AvgIpc) is 3.36. The summed E-state index contributed by atoms with van der Waals surface area (Å²) < 4.78 is 0. The van der Waals surface area contributed by atoms with E-state index in [0.717, 1.165) is 28.1 Å². The minimum atomic E-state index is -0.489. The highest BCUT2D eigenvalue weighted by Crippen LogP contribution is 2.32. The summed E-state index contributed by atoms with van der Waals surface area (Å²) in [4.78, 5) is 22.3. The Morgan fingerprint density at radius 2 is 1.93 bits per heavy atom. The van der Waals surface area contributed by atoms with Crippen molar-refractivity contribution in [3.63, 3.8) is 0 Å². The lowest BCUT2D eigenvalue weighted by atomic mass is 10.00. The lowest BCUT2D eigenvalue weighted by Crippen LogP contribution is -2.21. The molecule has 0 spiro atoms. The molecule has 0 radical (unpaired) electrons. The highest BCUT2D eigenvalue weighted by atomic mass is 16.5. The normalized spacial score (nSPS) is 13.0. The molecular formula is C23H20N4O2. The highest BCUT2D eigenvalue weighted by Gasteiger charge is 2.26. The van der Waals surface area contributed by atoms with Crippen molar-refractivity contribution in [1.82, 2.24) is 15.4 Å². The van der Waals surface area contributed by atoms with Gasteiger partial charge in [0.05, 0.1) is 11.0 Å². The number of benzene rings is 3. The van der Waals surface area contributed by atoms with Crippen LogP contribution in [0, 0.1) is 6.92 Å². The number of aryl methyl sites for hydroxylation is 1. The number of nitrogens with zero attached hydrogens (tertiary/aromatic N) is 2. The number of nitrogens with one attached hydrogen (secondary N) is 2. The number of hydrogen-bond donors (Lipinski definition) is 3. The predicted molar refractivity (Wildman–Crippen MR) is 112 cm³/mol. The first kappa shape index (κ1) is 17.5. The maximum atomic E-state index is 12.0. The molecule has 1 aliphatic rings. The Kier molecular flexibility index (Phi) is 4.07. The fourth-order valence-corrected chi connectivity index (χ4v) is 4.07. The summed E-state index contributed by atoms with van der Waals surface area (Å²) >= 11 is 0. The number of carbonyl (C=O) groups excluding carboxylic acids is 1. The first-order valence-corrected chi connectivity index (χ1v) is 9.50. The van der Waals surface area contributed by atoms with E-state index in [-0.39, 0.29) is 0 Å². The van der Waals surface area contributed by atoms with Crippen molar-refractivity contribution in [2.24, 2.45) is 0 Å². The van der Waals surface area contributed by atoms with Crippen LogP contribution in [0.5, 0.6) is 0 Å². The second-order valence-corrected chi connectivity index (χ2v) is 7.35. The van der Waals surface area contributed by atoms with E-state index in [4.69, 9.17) is 10.2 Å². The first-order valence-electron chi connectivity index (χ1n) is 9.50. The molecule has 6 nitrogen and oxygen atoms in total. The molecule has 1 amide bonds. The molecule has 5 rings (SSSR count). The van der Waals surface area contributed by atoms with Gasteiger partial charge in [-0.25, -0.2) is 10.5 Å². The Labute approximate surface area is 167 Å². The number of fused-ring (bicyclic) bond motifs is 2. The van der Waals surface area contributed by atoms with Crippen molar-refractivity contribution >= 4 is 22.9 Å². The molecule has 0 atom stereocenters. The molecule has 1 aromatic heterocycles. The minimum Gasteiger partial charge on any atom is -0.334 e. The largest absolute Gasteiger partial charge is 0.334 e. The number of imidazole rings is 1. The fourth-order valence-electron chi connectivity index (χ4n) is 4.07. The first-order chi connectivity index (χ1) is 14.1. The Morgan fingerprint density at radius 1 is 1.10 bits per heavy atom. The Bertz CT molecular complexity index is 1230. The summed E-state index contributed by atoms with van der Waals surface area (Å²) in [6, 6.07) is 20.1. The van der Waals surface area contributed by atoms with Crippen LogP contribution in [0.15, 0.2) is 60.7 Å². The molecule has 0 saturated heterocycles. The van der Waals surface area contributed by atoms with Crippen LogP contribution in [-0.2, 0) is 13.1 Å². The van der Waals surface area contributed by atoms with E-state index in [1.807, 2.05) is 30.3 Å². The van der Waals surface area contributed by atoms with Gasteiger partial charge in [0.15, 0.2) is 0 Å². The molecule has 29 heavy (non-hydrogen) atoms. The van der Waals surface area contributed by atoms with Crippen molar-refractivity contribution in [2.45, 2.75) is 20.0 Å². The zero-order valence-electron chi connectivity index (χ0n) is 15.9. The number of aromatic amines is 1. The lowest BCUT2D eigenvalue weighted by Gasteiger charge is -2.13. The average molecular weight is 384 g/mol. The van der Waals surface area contributed by atoms with E-state index >= 15 is 0 Å². The second kappa shape index (κ2) is 6.76. The third-order valence-corrected chi connectivity index (χ3v) is 5.53. The van der Waals surface area contributed by atoms with Crippen LogP contribution in [0.4, 0.5) is 5.95 Å². The van der Waals surface area contributed by atoms with Crippen LogP contribution in [-0.4, -0.2) is 21.1 Å². The zero-order chi connectivity index (χ0) is 20.0. The molecule has 0 unspecified atom stereocenters. The van der Waals surface area contributed by atoms with Gasteiger partial charge in [-0.15, -0.1) is 0 Å². The predicted octanol–water partition coefficient (Wildman–Crippen LogP) is 4.18. The van der Waals surface area contributed by atoms with Crippen LogP contribution in [0.2, 0.25) is 0 Å². The minimum absolute atomic E-state index is 0.489. The monoisotopic (exact) mass is 384 g/mol. The molecule has 0 saturated carbocycles. The van der Waals surface area contributed by atoms with Crippen LogP contribution in [0.3, 0.4) is 0 Å². The fraction of sp³-hybridized carbons (Fsp3) is 0.130. The number of amides is 1. The molecule has 0 bridgehead atoms. The van der Waals surface area contributed by atoms with E-state index in [2.05, 4.69) is 41.1 Å². The standard InChI is InChI=1S/C23H20N4O2/c1-14-10-20-21(11-18(14)15-6-3-2-4-7-15)25-23(24-20)27-12-16-8-5-9-17(19(16)13-27)22(28)26-29/h2-11,29H,12-13H2,1H3,(H,24,25)(H,26,28). The topological polar surface area (TPSA) is 81.2 Å². The van der Waals surface area contributed by atoms with Crippen LogP contribution in [0.1, 0.15) is 27.0 Å². The number of hydrogen-bond acceptors (Lipinski definition) is 4. The molecule has 2 heterocycles. The molecular weight excluding hydrogens is 364 g/mol. The van der Waals surface area contributed by atoms with Gasteiger partial charge in [-0.05, 0) is 52.9 Å². The summed E-state index contributed by atoms with van der Waals surface area (Å²) in [5.41, 5.74) is 9.63. The van der Waals surface area contributed by atoms with Crippen LogP contribution in [0.25, 0.3) is 22.2 Å². The van der Waals surface area contributed by atoms with Crippen LogP contribution < -0.4 is 10.4 Å². The van der Waals surface area contributed by atoms with Crippen molar-refractivity contribution in [3.05, 3.63) is 82.9 Å². The van der Waals surface area contributed by atoms with Gasteiger partial charge in [0, 0.05) is 18.7 Å². The maximum Gasteiger partial charge on any atom is 0.274 e. The number of H-pyrrole nitrogens is 1. The van der Waals surface area contributed by atoms with Gasteiger partial charge in [-0.1, -0.05) is 42.5 Å². The highest BCUT2D eigenvalue weighted by molar-refractivity contribution is 5.95. The molecule has 3 N–H and O–H groups in total. The molecule has 0 aliphatic carbocycles. The molecule has 4 aromatic rings. The second-order valence-electron chi connectivity index (χ2n) is 7.35. The zero-order valence-corrected chi connectivity index (χ0v) is 15.9. The maximum absolute atomic E-state index is 12.0. The molecule has 3 aromatic carbocycles. The van der Waals surface area contributed by atoms with Crippen molar-refractivity contribution in [1.29, 1.82) is 0 Å². The summed E-state index contributed by atoms with van der Waals surface area (Å²) in [6.07, 6.45) is 0. The van der Waals surface area contributed by atoms with Crippen LogP contribution >= 0.6 is 0 Å². The van der Waals surface area contributed by atoms with E-state index < -0.39 is 5.91 Å². The molecule has 1 aliphatic heterocycles. The Balaban J connectivity index is 1.51. The van der Waals surface area contributed by atoms with Gasteiger partial charge in [-0.3, -0.25) is 10.0 Å². The Morgan fingerprint density at radius 3 is 2.72 bits per heavy atom. The van der Waals surface area contributed by atoms with E-state index in [9.17, 15) is 4.79 Å². The number of rotatable bonds is 3. The van der Waals surface area contributed by atoms with Gasteiger partial charge in [-0.2, -0.15) is 0 Å². The number of aromatic nitrogens is 2. The Hall–Kier alpha value is -3.64. The third kappa shape index (κ3) is 2.94. The van der Waals surface area contributed by atoms with E-state index in [0.29, 0.717) is 18.7 Å². The lowest BCUT2D eigenvalue weighted by molar-refractivity contribution is 0.0705. The van der Waals surface area contributed by atoms with Gasteiger partial charge in [0.1, 0.15) is 0 Å². The molecule has 6 heteroatoms. The number of carbonyl (C=O) groups is 1. The van der Waals surface area contributed by atoms with E-state index in [1.165, 1.54) is 16.7 Å². The quantitative estimate of drug-likeness (QED) is 0.366. The third-order valence-electron chi connectivity index (χ3n) is 5.53. The van der Waals surface area contributed by atoms with Crippen molar-refractivity contribution < 1.29 is 10.0 Å².